The van der Waals surface area contributed by atoms with Crippen LogP contribution in [0, 0.1) is 16.7 Å². The second-order valence-corrected chi connectivity index (χ2v) is 8.59. The highest BCUT2D eigenvalue weighted by Gasteiger charge is 2.67. The zero-order chi connectivity index (χ0) is 15.4. The van der Waals surface area contributed by atoms with E-state index in [9.17, 15) is 0 Å². The van der Waals surface area contributed by atoms with Crippen LogP contribution in [0.1, 0.15) is 44.5 Å². The molecule has 1 atom stereocenters. The summed E-state index contributed by atoms with van der Waals surface area (Å²) in [6, 6.07) is 3.95. The highest BCUT2D eigenvalue weighted by molar-refractivity contribution is 9.09. The molecule has 4 heteroatoms. The fraction of sp³-hybridized carbons (Fsp3) is 0.647. The molecular formula is C17H22BrClO2. The van der Waals surface area contributed by atoms with E-state index in [1.165, 1.54) is 0 Å². The van der Waals surface area contributed by atoms with Crippen LogP contribution in [0.25, 0.3) is 0 Å². The molecule has 2 nitrogen and oxygen atoms in total. The zero-order valence-corrected chi connectivity index (χ0v) is 15.3. The van der Waals surface area contributed by atoms with E-state index >= 15 is 0 Å². The third kappa shape index (κ3) is 2.37. The summed E-state index contributed by atoms with van der Waals surface area (Å²) < 4.78 is 11.5. The van der Waals surface area contributed by atoms with Gasteiger partial charge in [-0.25, -0.2) is 0 Å². The molecule has 1 aromatic carbocycles. The Kier molecular flexibility index (Phi) is 3.73. The van der Waals surface area contributed by atoms with Crippen molar-refractivity contribution in [2.75, 3.05) is 13.2 Å². The van der Waals surface area contributed by atoms with E-state index in [-0.39, 0.29) is 4.83 Å². The third-order valence-electron chi connectivity index (χ3n) is 5.59. The van der Waals surface area contributed by atoms with Crippen LogP contribution in [0.5, 0.6) is 11.5 Å². The third-order valence-corrected chi connectivity index (χ3v) is 6.94. The lowest BCUT2D eigenvalue weighted by atomic mass is 10.0. The van der Waals surface area contributed by atoms with Crippen molar-refractivity contribution in [3.05, 3.63) is 22.7 Å². The Balaban J connectivity index is 1.94. The highest BCUT2D eigenvalue weighted by Crippen LogP contribution is 2.74. The molecule has 0 spiro atoms. The molecule has 0 N–H and O–H groups in total. The van der Waals surface area contributed by atoms with Gasteiger partial charge in [0.25, 0.3) is 0 Å². The first-order valence-electron chi connectivity index (χ1n) is 7.50. The quantitative estimate of drug-likeness (QED) is 0.626. The Hall–Kier alpha value is -0.410. The summed E-state index contributed by atoms with van der Waals surface area (Å²) in [5.74, 6) is 2.12. The fourth-order valence-electron chi connectivity index (χ4n) is 3.57. The molecule has 1 heterocycles. The summed E-state index contributed by atoms with van der Waals surface area (Å²) in [6.07, 6.45) is 0.905. The molecule has 0 aromatic heterocycles. The molecule has 116 valence electrons. The summed E-state index contributed by atoms with van der Waals surface area (Å²) in [5.41, 5.74) is 1.70. The van der Waals surface area contributed by atoms with E-state index in [4.69, 9.17) is 21.1 Å². The Bertz CT molecular complexity index is 554. The molecule has 0 radical (unpaired) electrons. The molecule has 1 fully saturated rings. The number of benzene rings is 1. The maximum Gasteiger partial charge on any atom is 0.162 e. The Labute approximate surface area is 140 Å². The molecule has 1 unspecified atom stereocenters. The monoisotopic (exact) mass is 372 g/mol. The van der Waals surface area contributed by atoms with Gasteiger partial charge in [-0.2, -0.15) is 0 Å². The van der Waals surface area contributed by atoms with Gasteiger partial charge in [-0.1, -0.05) is 55.2 Å². The van der Waals surface area contributed by atoms with Gasteiger partial charge >= 0.3 is 0 Å². The van der Waals surface area contributed by atoms with Crippen LogP contribution in [-0.2, 0) is 0 Å². The Morgan fingerprint density at radius 3 is 2.14 bits per heavy atom. The standard InChI is InChI=1S/C17H22BrClO2/c1-16(2)15(17(16,3)4)14(18)10-8-12-13(9-11(10)19)21-7-5-6-20-12/h8-9,14-15H,5-7H2,1-4H3. The average molecular weight is 374 g/mol. The van der Waals surface area contributed by atoms with Crippen molar-refractivity contribution in [3.8, 4) is 11.5 Å². The van der Waals surface area contributed by atoms with Crippen molar-refractivity contribution in [3.63, 3.8) is 0 Å². The SMILES string of the molecule is CC1(C)C(C(Br)c2cc3c(cc2Cl)OCCCO3)C1(C)C. The molecule has 0 bridgehead atoms. The molecule has 21 heavy (non-hydrogen) atoms. The van der Waals surface area contributed by atoms with Crippen LogP contribution < -0.4 is 9.47 Å². The molecule has 1 aliphatic carbocycles. The highest BCUT2D eigenvalue weighted by atomic mass is 79.9. The number of halogens is 2. The van der Waals surface area contributed by atoms with Crippen LogP contribution in [0.2, 0.25) is 5.02 Å². The van der Waals surface area contributed by atoms with E-state index in [0.717, 1.165) is 28.5 Å². The first-order chi connectivity index (χ1) is 9.76. The summed E-state index contributed by atoms with van der Waals surface area (Å²) in [5, 5.41) is 0.750. The van der Waals surface area contributed by atoms with Gasteiger partial charge in [0.1, 0.15) is 0 Å². The molecular weight excluding hydrogens is 352 g/mol. The topological polar surface area (TPSA) is 18.5 Å². The zero-order valence-electron chi connectivity index (χ0n) is 13.0. The minimum absolute atomic E-state index is 0.229. The summed E-state index contributed by atoms with van der Waals surface area (Å²) in [7, 11) is 0. The number of fused-ring (bicyclic) bond motifs is 1. The molecule has 1 aliphatic heterocycles. The predicted molar refractivity (Wildman–Crippen MR) is 89.8 cm³/mol. The lowest BCUT2D eigenvalue weighted by Crippen LogP contribution is -2.02. The minimum atomic E-state index is 0.229. The average Bonchev–Trinajstić information content (AvgIpc) is 2.91. The largest absolute Gasteiger partial charge is 0.490 e. The van der Waals surface area contributed by atoms with Gasteiger partial charge in [0.2, 0.25) is 0 Å². The Morgan fingerprint density at radius 1 is 1.10 bits per heavy atom. The summed E-state index contributed by atoms with van der Waals surface area (Å²) in [6.45, 7) is 10.7. The smallest absolute Gasteiger partial charge is 0.162 e. The molecule has 1 aromatic rings. The van der Waals surface area contributed by atoms with Crippen molar-refractivity contribution in [1.82, 2.24) is 0 Å². The maximum absolute atomic E-state index is 6.50. The van der Waals surface area contributed by atoms with Gasteiger partial charge in [-0.15, -0.1) is 0 Å². The number of hydrogen-bond acceptors (Lipinski definition) is 2. The van der Waals surface area contributed by atoms with Gasteiger partial charge < -0.3 is 9.47 Å². The predicted octanol–water partition coefficient (Wildman–Crippen LogP) is 5.62. The van der Waals surface area contributed by atoms with E-state index < -0.39 is 0 Å². The molecule has 0 saturated heterocycles. The van der Waals surface area contributed by atoms with Gasteiger partial charge in [0.15, 0.2) is 11.5 Å². The fourth-order valence-corrected chi connectivity index (χ4v) is 5.67. The normalized spacial score (nSPS) is 24.3. The molecule has 3 rings (SSSR count). The first kappa shape index (κ1) is 15.5. The van der Waals surface area contributed by atoms with Crippen molar-refractivity contribution in [2.24, 2.45) is 16.7 Å². The van der Waals surface area contributed by atoms with E-state index in [1.807, 2.05) is 12.1 Å². The van der Waals surface area contributed by atoms with Gasteiger partial charge in [-0.3, -0.25) is 0 Å². The lowest BCUT2D eigenvalue weighted by Gasteiger charge is -2.17. The number of alkyl halides is 1. The van der Waals surface area contributed by atoms with Crippen molar-refractivity contribution >= 4 is 27.5 Å². The summed E-state index contributed by atoms with van der Waals surface area (Å²) >= 11 is 10.4. The molecule has 0 amide bonds. The minimum Gasteiger partial charge on any atom is -0.490 e. The van der Waals surface area contributed by atoms with Crippen LogP contribution in [0.15, 0.2) is 12.1 Å². The van der Waals surface area contributed by atoms with Crippen molar-refractivity contribution < 1.29 is 9.47 Å². The number of ether oxygens (including phenoxy) is 2. The number of rotatable bonds is 2. The number of hydrogen-bond donors (Lipinski definition) is 0. The summed E-state index contributed by atoms with van der Waals surface area (Å²) in [4.78, 5) is 0.229. The second kappa shape index (κ2) is 5.06. The van der Waals surface area contributed by atoms with E-state index in [1.54, 1.807) is 0 Å². The molecule has 2 aliphatic rings. The van der Waals surface area contributed by atoms with Crippen molar-refractivity contribution in [2.45, 2.75) is 38.9 Å². The van der Waals surface area contributed by atoms with Gasteiger partial charge in [-0.05, 0) is 28.4 Å². The maximum atomic E-state index is 6.50. The van der Waals surface area contributed by atoms with Crippen LogP contribution >= 0.6 is 27.5 Å². The van der Waals surface area contributed by atoms with Gasteiger partial charge in [0, 0.05) is 22.3 Å². The second-order valence-electron chi connectivity index (χ2n) is 7.19. The van der Waals surface area contributed by atoms with Crippen LogP contribution in [0.4, 0.5) is 0 Å². The van der Waals surface area contributed by atoms with Gasteiger partial charge in [0.05, 0.1) is 13.2 Å². The van der Waals surface area contributed by atoms with Crippen LogP contribution in [0.3, 0.4) is 0 Å². The van der Waals surface area contributed by atoms with E-state index in [0.29, 0.717) is 30.0 Å². The van der Waals surface area contributed by atoms with Crippen molar-refractivity contribution in [1.29, 1.82) is 0 Å². The first-order valence-corrected chi connectivity index (χ1v) is 8.79. The Morgan fingerprint density at radius 2 is 1.62 bits per heavy atom. The van der Waals surface area contributed by atoms with Crippen LogP contribution in [-0.4, -0.2) is 13.2 Å². The van der Waals surface area contributed by atoms with E-state index in [2.05, 4.69) is 43.6 Å². The molecule has 1 saturated carbocycles. The lowest BCUT2D eigenvalue weighted by molar-refractivity contribution is 0.297.